The molecule has 1 aliphatic heterocycles. The van der Waals surface area contributed by atoms with Gasteiger partial charge in [-0.2, -0.15) is 0 Å². The van der Waals surface area contributed by atoms with E-state index in [2.05, 4.69) is 13.8 Å². The summed E-state index contributed by atoms with van der Waals surface area (Å²) in [7, 11) is 0. The predicted octanol–water partition coefficient (Wildman–Crippen LogP) is 2.90. The van der Waals surface area contributed by atoms with Crippen molar-refractivity contribution in [3.8, 4) is 11.5 Å². The van der Waals surface area contributed by atoms with Crippen LogP contribution in [0.5, 0.6) is 11.5 Å². The fourth-order valence-electron chi connectivity index (χ4n) is 2.17. The van der Waals surface area contributed by atoms with E-state index < -0.39 is 0 Å². The van der Waals surface area contributed by atoms with Crippen molar-refractivity contribution in [1.29, 1.82) is 0 Å². The van der Waals surface area contributed by atoms with Gasteiger partial charge in [0, 0.05) is 18.1 Å². The molecule has 0 fully saturated rings. The van der Waals surface area contributed by atoms with Gasteiger partial charge in [-0.15, -0.1) is 0 Å². The Morgan fingerprint density at radius 3 is 3.00 bits per heavy atom. The van der Waals surface area contributed by atoms with E-state index in [0.717, 1.165) is 17.7 Å². The highest BCUT2D eigenvalue weighted by atomic mass is 16.5. The van der Waals surface area contributed by atoms with Gasteiger partial charge in [-0.25, -0.2) is 4.79 Å². The minimum absolute atomic E-state index is 0.192. The summed E-state index contributed by atoms with van der Waals surface area (Å²) in [6, 6.07) is 5.87. The van der Waals surface area contributed by atoms with Gasteiger partial charge in [-0.05, 0) is 32.9 Å². The molecule has 1 aromatic rings. The summed E-state index contributed by atoms with van der Waals surface area (Å²) in [6.45, 7) is 6.56. The third-order valence-electron chi connectivity index (χ3n) is 2.93. The molecular weight excluding hydrogens is 256 g/mol. The molecule has 4 nitrogen and oxygen atoms in total. The molecule has 0 saturated heterocycles. The van der Waals surface area contributed by atoms with E-state index >= 15 is 0 Å². The van der Waals surface area contributed by atoms with Crippen molar-refractivity contribution in [2.45, 2.75) is 32.8 Å². The second kappa shape index (κ2) is 5.99. The zero-order valence-electron chi connectivity index (χ0n) is 12.1. The number of hydrogen-bond acceptors (Lipinski definition) is 4. The van der Waals surface area contributed by atoms with Crippen molar-refractivity contribution in [2.24, 2.45) is 0 Å². The van der Waals surface area contributed by atoms with E-state index in [1.807, 2.05) is 18.2 Å². The first-order valence-electron chi connectivity index (χ1n) is 6.79. The molecule has 0 N–H and O–H groups in total. The normalized spacial score (nSPS) is 15.8. The molecule has 108 valence electrons. The van der Waals surface area contributed by atoms with Crippen LogP contribution in [-0.2, 0) is 16.0 Å². The van der Waals surface area contributed by atoms with Gasteiger partial charge in [0.25, 0.3) is 0 Å². The van der Waals surface area contributed by atoms with E-state index in [0.29, 0.717) is 19.0 Å². The van der Waals surface area contributed by atoms with Crippen LogP contribution in [-0.4, -0.2) is 24.8 Å². The van der Waals surface area contributed by atoms with Gasteiger partial charge in [0.2, 0.25) is 0 Å². The van der Waals surface area contributed by atoms with Crippen LogP contribution in [0.1, 0.15) is 26.3 Å². The quantitative estimate of drug-likeness (QED) is 0.612. The minimum Gasteiger partial charge on any atom is -0.486 e. The van der Waals surface area contributed by atoms with E-state index in [1.165, 1.54) is 6.08 Å². The summed E-state index contributed by atoms with van der Waals surface area (Å²) in [5, 5.41) is 0. The summed E-state index contributed by atoms with van der Waals surface area (Å²) < 4.78 is 16.3. The van der Waals surface area contributed by atoms with Crippen LogP contribution >= 0.6 is 0 Å². The Bertz CT molecular complexity index is 517. The molecule has 0 atom stereocenters. The maximum atomic E-state index is 11.1. The third kappa shape index (κ3) is 3.53. The largest absolute Gasteiger partial charge is 0.486 e. The van der Waals surface area contributed by atoms with Crippen LogP contribution in [0.2, 0.25) is 0 Å². The average Bonchev–Trinajstić information content (AvgIpc) is 2.69. The molecule has 1 aliphatic rings. The first-order chi connectivity index (χ1) is 9.52. The number of hydrogen-bond donors (Lipinski definition) is 0. The lowest BCUT2D eigenvalue weighted by molar-refractivity contribution is -0.137. The van der Waals surface area contributed by atoms with Gasteiger partial charge in [-0.3, -0.25) is 0 Å². The van der Waals surface area contributed by atoms with Gasteiger partial charge in [0.1, 0.15) is 12.2 Å². The van der Waals surface area contributed by atoms with Gasteiger partial charge in [0.15, 0.2) is 11.5 Å². The van der Waals surface area contributed by atoms with Crippen molar-refractivity contribution in [3.05, 3.63) is 35.9 Å². The molecule has 0 unspecified atom stereocenters. The molecule has 0 bridgehead atoms. The van der Waals surface area contributed by atoms with Gasteiger partial charge in [0.05, 0.1) is 6.61 Å². The SMILES string of the molecule is CCOC(=O)/C=C/COc1cccc2c1OC(C)(C)C2. The smallest absolute Gasteiger partial charge is 0.330 e. The maximum absolute atomic E-state index is 11.1. The monoisotopic (exact) mass is 276 g/mol. The Morgan fingerprint density at radius 2 is 2.25 bits per heavy atom. The van der Waals surface area contributed by atoms with Crippen LogP contribution in [0.15, 0.2) is 30.4 Å². The standard InChI is InChI=1S/C16H20O4/c1-4-18-14(17)9-6-10-19-13-8-5-7-12-11-16(2,3)20-15(12)13/h5-9H,4,10-11H2,1-3H3/b9-6+. The number of ether oxygens (including phenoxy) is 3. The van der Waals surface area contributed by atoms with E-state index in [1.54, 1.807) is 13.0 Å². The van der Waals surface area contributed by atoms with E-state index in [4.69, 9.17) is 14.2 Å². The second-order valence-corrected chi connectivity index (χ2v) is 5.25. The fourth-order valence-corrected chi connectivity index (χ4v) is 2.17. The number of carbonyl (C=O) groups is 1. The van der Waals surface area contributed by atoms with Crippen molar-refractivity contribution < 1.29 is 19.0 Å². The lowest BCUT2D eigenvalue weighted by atomic mass is 10.0. The van der Waals surface area contributed by atoms with Gasteiger partial charge >= 0.3 is 5.97 Å². The van der Waals surface area contributed by atoms with E-state index in [-0.39, 0.29) is 11.6 Å². The highest BCUT2D eigenvalue weighted by Gasteiger charge is 2.32. The summed E-state index contributed by atoms with van der Waals surface area (Å²) in [5.41, 5.74) is 0.963. The Kier molecular flexibility index (Phi) is 4.32. The molecule has 1 heterocycles. The molecule has 0 aliphatic carbocycles. The fraction of sp³-hybridized carbons (Fsp3) is 0.438. The lowest BCUT2D eigenvalue weighted by Gasteiger charge is -2.18. The topological polar surface area (TPSA) is 44.8 Å². The molecule has 4 heteroatoms. The lowest BCUT2D eigenvalue weighted by Crippen LogP contribution is -2.24. The Morgan fingerprint density at radius 1 is 1.45 bits per heavy atom. The maximum Gasteiger partial charge on any atom is 0.330 e. The molecule has 0 saturated carbocycles. The van der Waals surface area contributed by atoms with Crippen molar-refractivity contribution in [1.82, 2.24) is 0 Å². The Hall–Kier alpha value is -1.97. The highest BCUT2D eigenvalue weighted by Crippen LogP contribution is 2.41. The molecule has 1 aromatic carbocycles. The summed E-state index contributed by atoms with van der Waals surface area (Å²) in [4.78, 5) is 11.1. The zero-order chi connectivity index (χ0) is 14.6. The highest BCUT2D eigenvalue weighted by molar-refractivity contribution is 5.81. The predicted molar refractivity (Wildman–Crippen MR) is 76.1 cm³/mol. The molecular formula is C16H20O4. The number of rotatable bonds is 5. The Balaban J connectivity index is 1.96. The van der Waals surface area contributed by atoms with Gasteiger partial charge < -0.3 is 14.2 Å². The Labute approximate surface area is 119 Å². The van der Waals surface area contributed by atoms with Crippen LogP contribution < -0.4 is 9.47 Å². The summed E-state index contributed by atoms with van der Waals surface area (Å²) >= 11 is 0. The molecule has 2 rings (SSSR count). The summed E-state index contributed by atoms with van der Waals surface area (Å²) in [5.74, 6) is 1.16. The first-order valence-corrected chi connectivity index (χ1v) is 6.79. The molecule has 0 aromatic heterocycles. The number of para-hydroxylation sites is 1. The number of esters is 1. The number of benzene rings is 1. The van der Waals surface area contributed by atoms with Crippen LogP contribution in [0.3, 0.4) is 0 Å². The van der Waals surface area contributed by atoms with Crippen LogP contribution in [0.4, 0.5) is 0 Å². The van der Waals surface area contributed by atoms with Crippen LogP contribution in [0.25, 0.3) is 0 Å². The van der Waals surface area contributed by atoms with E-state index in [9.17, 15) is 4.79 Å². The number of carbonyl (C=O) groups excluding carboxylic acids is 1. The number of fused-ring (bicyclic) bond motifs is 1. The van der Waals surface area contributed by atoms with Crippen molar-refractivity contribution >= 4 is 5.97 Å². The van der Waals surface area contributed by atoms with Crippen molar-refractivity contribution in [3.63, 3.8) is 0 Å². The zero-order valence-corrected chi connectivity index (χ0v) is 12.1. The molecule has 0 amide bonds. The summed E-state index contributed by atoms with van der Waals surface area (Å²) in [6.07, 6.45) is 3.88. The van der Waals surface area contributed by atoms with Crippen molar-refractivity contribution in [2.75, 3.05) is 13.2 Å². The molecule has 0 spiro atoms. The second-order valence-electron chi connectivity index (χ2n) is 5.25. The minimum atomic E-state index is -0.355. The van der Waals surface area contributed by atoms with Crippen LogP contribution in [0, 0.1) is 0 Å². The third-order valence-corrected chi connectivity index (χ3v) is 2.93. The molecule has 20 heavy (non-hydrogen) atoms. The first kappa shape index (κ1) is 14.4. The van der Waals surface area contributed by atoms with Gasteiger partial charge in [-0.1, -0.05) is 12.1 Å². The average molecular weight is 276 g/mol. The molecule has 0 radical (unpaired) electrons.